The van der Waals surface area contributed by atoms with E-state index in [0.29, 0.717) is 19.3 Å². The first-order valence-electron chi connectivity index (χ1n) is 6.48. The molecule has 4 N–H and O–H groups in total. The Balaban J connectivity index is 0.00000324. The van der Waals surface area contributed by atoms with Crippen LogP contribution in [-0.4, -0.2) is 30.6 Å². The average Bonchev–Trinajstić information content (AvgIpc) is 2.28. The van der Waals surface area contributed by atoms with Gasteiger partial charge in [-0.1, -0.05) is 20.8 Å². The maximum atomic E-state index is 12.0. The zero-order valence-corrected chi connectivity index (χ0v) is 12.8. The summed E-state index contributed by atoms with van der Waals surface area (Å²) in [5.41, 5.74) is 5.16. The number of nitrogens with zero attached hydrogens (tertiary/aromatic N) is 1. The third-order valence-electron chi connectivity index (χ3n) is 3.20. The van der Waals surface area contributed by atoms with Gasteiger partial charge in [0, 0.05) is 0 Å². The molecule has 1 unspecified atom stereocenters. The molecule has 0 aliphatic carbocycles. The Hall–Kier alpha value is -0.830. The lowest BCUT2D eigenvalue weighted by Gasteiger charge is -2.33. The molecule has 1 fully saturated rings. The molecule has 5 nitrogen and oxygen atoms in total. The summed E-state index contributed by atoms with van der Waals surface area (Å²) in [6.45, 7) is 7.64. The first-order chi connectivity index (χ1) is 8.28. The second-order valence-electron chi connectivity index (χ2n) is 6.30. The number of nitriles is 1. The number of carbonyl (C=O) groups excluding carboxylic acids is 1. The molecule has 0 saturated carbocycles. The van der Waals surface area contributed by atoms with Crippen molar-refractivity contribution in [2.24, 2.45) is 11.1 Å². The van der Waals surface area contributed by atoms with Crippen LogP contribution in [0.4, 0.5) is 0 Å². The summed E-state index contributed by atoms with van der Waals surface area (Å²) in [6, 6.07) is 1.69. The van der Waals surface area contributed by atoms with Gasteiger partial charge in [-0.3, -0.25) is 4.79 Å². The van der Waals surface area contributed by atoms with Crippen molar-refractivity contribution in [1.29, 1.82) is 5.26 Å². The Morgan fingerprint density at radius 1 is 1.47 bits per heavy atom. The fourth-order valence-corrected chi connectivity index (χ4v) is 2.20. The predicted octanol–water partition coefficient (Wildman–Crippen LogP) is 0.934. The first-order valence-corrected chi connectivity index (χ1v) is 6.48. The van der Waals surface area contributed by atoms with Gasteiger partial charge in [0.1, 0.15) is 5.54 Å². The third kappa shape index (κ3) is 5.77. The van der Waals surface area contributed by atoms with Crippen LogP contribution in [0.5, 0.6) is 0 Å². The third-order valence-corrected chi connectivity index (χ3v) is 3.20. The summed E-state index contributed by atoms with van der Waals surface area (Å²) >= 11 is 0. The van der Waals surface area contributed by atoms with Gasteiger partial charge in [0.05, 0.1) is 12.1 Å². The molecule has 0 aromatic heterocycles. The molecule has 1 aliphatic rings. The van der Waals surface area contributed by atoms with Gasteiger partial charge in [0.2, 0.25) is 5.91 Å². The summed E-state index contributed by atoms with van der Waals surface area (Å²) < 4.78 is 0. The molecule has 0 bridgehead atoms. The van der Waals surface area contributed by atoms with Crippen LogP contribution in [0.3, 0.4) is 0 Å². The number of hydrogen-bond donors (Lipinski definition) is 3. The van der Waals surface area contributed by atoms with Crippen LogP contribution in [-0.2, 0) is 4.79 Å². The number of halogens is 1. The van der Waals surface area contributed by atoms with E-state index >= 15 is 0 Å². The second-order valence-corrected chi connectivity index (χ2v) is 6.30. The Morgan fingerprint density at radius 2 is 2.00 bits per heavy atom. The van der Waals surface area contributed by atoms with Crippen LogP contribution in [0.2, 0.25) is 0 Å². The molecule has 1 amide bonds. The Kier molecular flexibility index (Phi) is 6.78. The van der Waals surface area contributed by atoms with Crippen LogP contribution in [0, 0.1) is 16.7 Å². The molecule has 6 heteroatoms. The zero-order chi connectivity index (χ0) is 13.8. The molecule has 1 aliphatic heterocycles. The van der Waals surface area contributed by atoms with E-state index in [2.05, 4.69) is 16.7 Å². The molecule has 0 radical (unpaired) electrons. The van der Waals surface area contributed by atoms with E-state index in [0.717, 1.165) is 13.1 Å². The van der Waals surface area contributed by atoms with E-state index in [-0.39, 0.29) is 23.7 Å². The van der Waals surface area contributed by atoms with E-state index in [4.69, 9.17) is 5.73 Å². The highest BCUT2D eigenvalue weighted by atomic mass is 35.5. The van der Waals surface area contributed by atoms with Crippen molar-refractivity contribution in [3.63, 3.8) is 0 Å². The van der Waals surface area contributed by atoms with Gasteiger partial charge in [-0.05, 0) is 37.8 Å². The Labute approximate surface area is 121 Å². The van der Waals surface area contributed by atoms with Gasteiger partial charge in [-0.2, -0.15) is 5.26 Å². The van der Waals surface area contributed by atoms with Gasteiger partial charge < -0.3 is 16.4 Å². The van der Waals surface area contributed by atoms with E-state index in [1.54, 1.807) is 0 Å². The average molecular weight is 289 g/mol. The maximum Gasteiger partial charge on any atom is 0.238 e. The number of nitrogens with two attached hydrogens (primary N) is 1. The lowest BCUT2D eigenvalue weighted by molar-refractivity contribution is -0.124. The largest absolute Gasteiger partial charge is 0.336 e. The van der Waals surface area contributed by atoms with E-state index < -0.39 is 11.6 Å². The zero-order valence-electron chi connectivity index (χ0n) is 12.0. The molecular weight excluding hydrogens is 264 g/mol. The smallest absolute Gasteiger partial charge is 0.238 e. The molecular formula is C13H25ClN4O. The van der Waals surface area contributed by atoms with Gasteiger partial charge in [0.25, 0.3) is 0 Å². The molecule has 110 valence electrons. The standard InChI is InChI=1S/C13H24N4O.ClH/c1-12(2,3)8-10(15)11(18)17-13(9-14)4-6-16-7-5-13;/h10,16H,4-8,15H2,1-3H3,(H,17,18);1H. The van der Waals surface area contributed by atoms with Crippen LogP contribution in [0.25, 0.3) is 0 Å². The Bertz CT molecular complexity index is 340. The number of piperidine rings is 1. The topological polar surface area (TPSA) is 90.9 Å². The van der Waals surface area contributed by atoms with Crippen molar-refractivity contribution in [3.05, 3.63) is 0 Å². The first kappa shape index (κ1) is 18.2. The summed E-state index contributed by atoms with van der Waals surface area (Å²) in [6.07, 6.45) is 1.88. The van der Waals surface area contributed by atoms with Crippen LogP contribution in [0.1, 0.15) is 40.0 Å². The van der Waals surface area contributed by atoms with Crippen molar-refractivity contribution < 1.29 is 4.79 Å². The highest BCUT2D eigenvalue weighted by Gasteiger charge is 2.35. The molecule has 19 heavy (non-hydrogen) atoms. The van der Waals surface area contributed by atoms with Crippen molar-refractivity contribution in [2.75, 3.05) is 13.1 Å². The fraction of sp³-hybridized carbons (Fsp3) is 0.846. The summed E-state index contributed by atoms with van der Waals surface area (Å²) in [4.78, 5) is 12.0. The van der Waals surface area contributed by atoms with Gasteiger partial charge >= 0.3 is 0 Å². The molecule has 0 aromatic carbocycles. The SMILES string of the molecule is CC(C)(C)CC(N)C(=O)NC1(C#N)CCNCC1.Cl. The number of rotatable bonds is 3. The molecule has 0 aromatic rings. The monoisotopic (exact) mass is 288 g/mol. The highest BCUT2D eigenvalue weighted by molar-refractivity contribution is 5.85. The van der Waals surface area contributed by atoms with E-state index in [1.165, 1.54) is 0 Å². The lowest BCUT2D eigenvalue weighted by atomic mass is 9.86. The summed E-state index contributed by atoms with van der Waals surface area (Å²) in [5, 5.41) is 15.3. The van der Waals surface area contributed by atoms with Crippen LogP contribution >= 0.6 is 12.4 Å². The lowest BCUT2D eigenvalue weighted by Crippen LogP contribution is -2.57. The van der Waals surface area contributed by atoms with Crippen molar-refractivity contribution in [1.82, 2.24) is 10.6 Å². The molecule has 1 atom stereocenters. The molecule has 1 heterocycles. The minimum atomic E-state index is -0.738. The predicted molar refractivity (Wildman–Crippen MR) is 77.9 cm³/mol. The summed E-state index contributed by atoms with van der Waals surface area (Å²) in [5.74, 6) is -0.214. The minimum Gasteiger partial charge on any atom is -0.336 e. The minimum absolute atomic E-state index is 0. The van der Waals surface area contributed by atoms with Crippen molar-refractivity contribution in [2.45, 2.75) is 51.6 Å². The van der Waals surface area contributed by atoms with Crippen molar-refractivity contribution in [3.8, 4) is 6.07 Å². The van der Waals surface area contributed by atoms with Gasteiger partial charge in [-0.15, -0.1) is 12.4 Å². The second kappa shape index (κ2) is 7.09. The number of nitrogens with one attached hydrogen (secondary N) is 2. The van der Waals surface area contributed by atoms with Crippen LogP contribution < -0.4 is 16.4 Å². The number of hydrogen-bond acceptors (Lipinski definition) is 4. The Morgan fingerprint density at radius 3 is 2.42 bits per heavy atom. The van der Waals surface area contributed by atoms with E-state index in [9.17, 15) is 10.1 Å². The summed E-state index contributed by atoms with van der Waals surface area (Å²) in [7, 11) is 0. The molecule has 0 spiro atoms. The number of amides is 1. The highest BCUT2D eigenvalue weighted by Crippen LogP contribution is 2.21. The number of carbonyl (C=O) groups is 1. The van der Waals surface area contributed by atoms with E-state index in [1.807, 2.05) is 20.8 Å². The maximum absolute atomic E-state index is 12.0. The van der Waals surface area contributed by atoms with Crippen LogP contribution in [0.15, 0.2) is 0 Å². The van der Waals surface area contributed by atoms with Gasteiger partial charge in [-0.25, -0.2) is 0 Å². The van der Waals surface area contributed by atoms with Gasteiger partial charge in [0.15, 0.2) is 0 Å². The molecule has 1 saturated heterocycles. The quantitative estimate of drug-likeness (QED) is 0.721. The normalized spacial score (nSPS) is 19.7. The van der Waals surface area contributed by atoms with Crippen molar-refractivity contribution >= 4 is 18.3 Å². The fourth-order valence-electron chi connectivity index (χ4n) is 2.20. The molecule has 1 rings (SSSR count).